The third-order valence-corrected chi connectivity index (χ3v) is 5.67. The van der Waals surface area contributed by atoms with Crippen LogP contribution in [0.1, 0.15) is 13.8 Å². The molecule has 9 nitrogen and oxygen atoms in total. The van der Waals surface area contributed by atoms with Crippen LogP contribution < -0.4 is 15.5 Å². The summed E-state index contributed by atoms with van der Waals surface area (Å²) in [5.41, 5.74) is 5.45. The van der Waals surface area contributed by atoms with E-state index in [4.69, 9.17) is 9.15 Å². The number of ether oxygens (including phenoxy) is 1. The van der Waals surface area contributed by atoms with Gasteiger partial charge in [0.1, 0.15) is 5.82 Å². The van der Waals surface area contributed by atoms with Gasteiger partial charge in [-0.3, -0.25) is 0 Å². The standard InChI is InChI=1S/C21H23N7O2S/c1-13(2)24-17-10-19(25-14-3-4-16-18(9-14)31-12-23-16)22-11-15(17)20-26-27-21(30-20)28-5-7-29-8-6-28/h3-4,9-13H,5-8H2,1-2H3,(H2,22,24,25). The Morgan fingerprint density at radius 2 is 1.97 bits per heavy atom. The number of fused-ring (bicyclic) bond motifs is 1. The molecule has 1 fully saturated rings. The van der Waals surface area contributed by atoms with E-state index in [-0.39, 0.29) is 6.04 Å². The summed E-state index contributed by atoms with van der Waals surface area (Å²) in [5, 5.41) is 15.3. The first-order valence-electron chi connectivity index (χ1n) is 10.2. The van der Waals surface area contributed by atoms with Crippen LogP contribution in [0.2, 0.25) is 0 Å². The number of aromatic nitrogens is 4. The minimum absolute atomic E-state index is 0.226. The molecule has 1 aromatic carbocycles. The molecule has 1 saturated heterocycles. The molecular weight excluding hydrogens is 414 g/mol. The first-order valence-corrected chi connectivity index (χ1v) is 11.1. The van der Waals surface area contributed by atoms with E-state index in [1.54, 1.807) is 17.5 Å². The Bertz CT molecular complexity index is 1180. The van der Waals surface area contributed by atoms with E-state index in [2.05, 4.69) is 50.7 Å². The fraction of sp³-hybridized carbons (Fsp3) is 0.333. The van der Waals surface area contributed by atoms with Crippen LogP contribution in [0.25, 0.3) is 21.7 Å². The van der Waals surface area contributed by atoms with E-state index >= 15 is 0 Å². The highest BCUT2D eigenvalue weighted by Crippen LogP contribution is 2.32. The zero-order valence-corrected chi connectivity index (χ0v) is 18.1. The third kappa shape index (κ3) is 4.30. The molecule has 1 aliphatic rings. The first-order chi connectivity index (χ1) is 15.2. The van der Waals surface area contributed by atoms with Gasteiger partial charge in [0.15, 0.2) is 0 Å². The van der Waals surface area contributed by atoms with E-state index in [1.165, 1.54) is 0 Å². The summed E-state index contributed by atoms with van der Waals surface area (Å²) in [6.45, 7) is 6.97. The predicted molar refractivity (Wildman–Crippen MR) is 122 cm³/mol. The second-order valence-electron chi connectivity index (χ2n) is 7.56. The van der Waals surface area contributed by atoms with E-state index in [9.17, 15) is 0 Å². The van der Waals surface area contributed by atoms with Crippen molar-refractivity contribution in [2.24, 2.45) is 0 Å². The largest absolute Gasteiger partial charge is 0.403 e. The molecular formula is C21H23N7O2S. The number of thiazole rings is 1. The number of pyridine rings is 1. The summed E-state index contributed by atoms with van der Waals surface area (Å²) in [4.78, 5) is 10.9. The summed E-state index contributed by atoms with van der Waals surface area (Å²) in [6.07, 6.45) is 1.76. The zero-order chi connectivity index (χ0) is 21.2. The topological polar surface area (TPSA) is 101 Å². The minimum atomic E-state index is 0.226. The van der Waals surface area contributed by atoms with Crippen LogP contribution in [0.5, 0.6) is 0 Å². The van der Waals surface area contributed by atoms with Gasteiger partial charge in [0.25, 0.3) is 5.89 Å². The predicted octanol–water partition coefficient (Wildman–Crippen LogP) is 4.14. The Balaban J connectivity index is 1.43. The molecule has 31 heavy (non-hydrogen) atoms. The zero-order valence-electron chi connectivity index (χ0n) is 17.3. The van der Waals surface area contributed by atoms with E-state index < -0.39 is 0 Å². The van der Waals surface area contributed by atoms with Gasteiger partial charge in [-0.2, -0.15) is 0 Å². The fourth-order valence-corrected chi connectivity index (χ4v) is 4.13. The van der Waals surface area contributed by atoms with Crippen molar-refractivity contribution < 1.29 is 9.15 Å². The van der Waals surface area contributed by atoms with Crippen LogP contribution in [0.3, 0.4) is 0 Å². The maximum absolute atomic E-state index is 5.97. The van der Waals surface area contributed by atoms with Crippen molar-refractivity contribution >= 4 is 44.8 Å². The minimum Gasteiger partial charge on any atom is -0.403 e. The lowest BCUT2D eigenvalue weighted by atomic mass is 10.2. The Labute approximate surface area is 183 Å². The van der Waals surface area contributed by atoms with Gasteiger partial charge in [0.05, 0.1) is 40.2 Å². The van der Waals surface area contributed by atoms with E-state index in [0.29, 0.717) is 25.1 Å². The van der Waals surface area contributed by atoms with Crippen molar-refractivity contribution in [3.05, 3.63) is 36.0 Å². The van der Waals surface area contributed by atoms with Gasteiger partial charge in [-0.15, -0.1) is 16.4 Å². The van der Waals surface area contributed by atoms with Crippen molar-refractivity contribution in [2.75, 3.05) is 41.8 Å². The molecule has 0 saturated carbocycles. The lowest BCUT2D eigenvalue weighted by molar-refractivity contribution is 0.120. The molecule has 1 aliphatic heterocycles. The molecule has 2 N–H and O–H groups in total. The van der Waals surface area contributed by atoms with Gasteiger partial charge in [0.2, 0.25) is 0 Å². The van der Waals surface area contributed by atoms with Gasteiger partial charge in [-0.25, -0.2) is 9.97 Å². The quantitative estimate of drug-likeness (QED) is 0.461. The molecule has 10 heteroatoms. The lowest BCUT2D eigenvalue weighted by Gasteiger charge is -2.24. The molecule has 0 aliphatic carbocycles. The highest BCUT2D eigenvalue weighted by atomic mass is 32.1. The van der Waals surface area contributed by atoms with E-state index in [0.717, 1.165) is 46.1 Å². The number of nitrogens with one attached hydrogen (secondary N) is 2. The summed E-state index contributed by atoms with van der Waals surface area (Å²) in [7, 11) is 0. The molecule has 4 heterocycles. The van der Waals surface area contributed by atoms with E-state index in [1.807, 2.05) is 28.6 Å². The molecule has 0 atom stereocenters. The van der Waals surface area contributed by atoms with Crippen LogP contribution >= 0.6 is 11.3 Å². The third-order valence-electron chi connectivity index (χ3n) is 4.88. The molecule has 0 amide bonds. The van der Waals surface area contributed by atoms with Crippen LogP contribution in [-0.2, 0) is 4.74 Å². The molecule has 0 bridgehead atoms. The smallest absolute Gasteiger partial charge is 0.318 e. The molecule has 3 aromatic heterocycles. The fourth-order valence-electron chi connectivity index (χ4n) is 3.41. The molecule has 0 spiro atoms. The second-order valence-corrected chi connectivity index (χ2v) is 8.45. The van der Waals surface area contributed by atoms with Crippen LogP contribution in [-0.4, -0.2) is 52.5 Å². The number of rotatable bonds is 6. The van der Waals surface area contributed by atoms with Gasteiger partial charge in [-0.05, 0) is 32.0 Å². The number of anilines is 4. The lowest BCUT2D eigenvalue weighted by Crippen LogP contribution is -2.36. The summed E-state index contributed by atoms with van der Waals surface area (Å²) < 4.78 is 12.5. The Kier molecular flexibility index (Phi) is 5.39. The second kappa shape index (κ2) is 8.48. The number of hydrogen-bond acceptors (Lipinski definition) is 10. The number of hydrogen-bond donors (Lipinski definition) is 2. The monoisotopic (exact) mass is 437 g/mol. The highest BCUT2D eigenvalue weighted by molar-refractivity contribution is 7.16. The average Bonchev–Trinajstić information content (AvgIpc) is 3.44. The Morgan fingerprint density at radius 1 is 1.10 bits per heavy atom. The number of nitrogens with zero attached hydrogens (tertiary/aromatic N) is 5. The van der Waals surface area contributed by atoms with Crippen molar-refractivity contribution in [1.82, 2.24) is 20.2 Å². The molecule has 4 aromatic rings. The van der Waals surface area contributed by atoms with Gasteiger partial charge >= 0.3 is 6.01 Å². The Hall–Kier alpha value is -3.24. The summed E-state index contributed by atoms with van der Waals surface area (Å²) in [6, 6.07) is 8.77. The SMILES string of the molecule is CC(C)Nc1cc(Nc2ccc3ncsc3c2)ncc1-c1nnc(N2CCOCC2)o1. The van der Waals surface area contributed by atoms with Crippen LogP contribution in [0.15, 0.2) is 40.4 Å². The molecule has 160 valence electrons. The van der Waals surface area contributed by atoms with Gasteiger partial charge < -0.3 is 24.7 Å². The number of benzene rings is 1. The molecule has 0 radical (unpaired) electrons. The Morgan fingerprint density at radius 3 is 2.81 bits per heavy atom. The van der Waals surface area contributed by atoms with Gasteiger partial charge in [0, 0.05) is 37.1 Å². The van der Waals surface area contributed by atoms with Crippen LogP contribution in [0.4, 0.5) is 23.2 Å². The maximum atomic E-state index is 5.97. The molecule has 5 rings (SSSR count). The summed E-state index contributed by atoms with van der Waals surface area (Å²) in [5.74, 6) is 1.17. The molecule has 0 unspecified atom stereocenters. The van der Waals surface area contributed by atoms with Crippen molar-refractivity contribution in [1.29, 1.82) is 0 Å². The average molecular weight is 438 g/mol. The number of morpholine rings is 1. The summed E-state index contributed by atoms with van der Waals surface area (Å²) >= 11 is 1.61. The first kappa shape index (κ1) is 19.7. The van der Waals surface area contributed by atoms with Crippen molar-refractivity contribution in [3.63, 3.8) is 0 Å². The van der Waals surface area contributed by atoms with Gasteiger partial charge in [-0.1, -0.05) is 5.10 Å². The van der Waals surface area contributed by atoms with Crippen molar-refractivity contribution in [2.45, 2.75) is 19.9 Å². The van der Waals surface area contributed by atoms with Crippen molar-refractivity contribution in [3.8, 4) is 11.5 Å². The highest BCUT2D eigenvalue weighted by Gasteiger charge is 2.20. The van der Waals surface area contributed by atoms with Crippen LogP contribution in [0, 0.1) is 0 Å². The maximum Gasteiger partial charge on any atom is 0.318 e. The normalized spacial score (nSPS) is 14.4.